The summed E-state index contributed by atoms with van der Waals surface area (Å²) in [5.74, 6) is 0.711. The Labute approximate surface area is 196 Å². The monoisotopic (exact) mass is 445 g/mol. The summed E-state index contributed by atoms with van der Waals surface area (Å²) in [5.41, 5.74) is 9.62. The van der Waals surface area contributed by atoms with Crippen LogP contribution < -0.4 is 5.32 Å². The van der Waals surface area contributed by atoms with E-state index in [1.165, 1.54) is 0 Å². The summed E-state index contributed by atoms with van der Waals surface area (Å²) in [6.07, 6.45) is 15.6. The van der Waals surface area contributed by atoms with E-state index >= 15 is 0 Å². The predicted molar refractivity (Wildman–Crippen MR) is 137 cm³/mol. The van der Waals surface area contributed by atoms with Crippen molar-refractivity contribution < 1.29 is 0 Å². The van der Waals surface area contributed by atoms with Crippen LogP contribution in [-0.2, 0) is 0 Å². The Balaban J connectivity index is 1.43. The third kappa shape index (κ3) is 3.47. The van der Waals surface area contributed by atoms with Crippen LogP contribution in [0, 0.1) is 0 Å². The van der Waals surface area contributed by atoms with Crippen molar-refractivity contribution in [3.05, 3.63) is 85.1 Å². The minimum Gasteiger partial charge on any atom is -0.358 e. The van der Waals surface area contributed by atoms with Crippen LogP contribution in [0.15, 0.2) is 79.6 Å². The van der Waals surface area contributed by atoms with Gasteiger partial charge in [0.25, 0.3) is 0 Å². The van der Waals surface area contributed by atoms with E-state index in [0.29, 0.717) is 5.82 Å². The van der Waals surface area contributed by atoms with E-state index in [-0.39, 0.29) is 0 Å². The number of allylic oxidation sites excluding steroid dienone is 5. The molecule has 0 aliphatic heterocycles. The van der Waals surface area contributed by atoms with Crippen LogP contribution in [0.2, 0.25) is 0 Å². The molecule has 166 valence electrons. The molecular weight excluding hydrogens is 422 g/mol. The second kappa shape index (κ2) is 8.12. The number of pyridine rings is 2. The molecule has 0 saturated carbocycles. The average Bonchev–Trinajstić information content (AvgIpc) is 3.62. The number of nitrogens with zero attached hydrogens (tertiary/aromatic N) is 4. The highest BCUT2D eigenvalue weighted by atomic mass is 15.1. The van der Waals surface area contributed by atoms with Crippen molar-refractivity contribution in [2.75, 3.05) is 5.32 Å². The zero-order valence-electron chi connectivity index (χ0n) is 18.8. The second-order valence-corrected chi connectivity index (χ2v) is 8.34. The van der Waals surface area contributed by atoms with Gasteiger partial charge in [-0.3, -0.25) is 15.1 Å². The molecule has 0 unspecified atom stereocenters. The number of aromatic amines is 2. The quantitative estimate of drug-likeness (QED) is 0.287. The lowest BCUT2D eigenvalue weighted by molar-refractivity contribution is 1.11. The van der Waals surface area contributed by atoms with Crippen LogP contribution >= 0.6 is 0 Å². The Bertz CT molecular complexity index is 1620. The lowest BCUT2D eigenvalue weighted by Crippen LogP contribution is -1.97. The summed E-state index contributed by atoms with van der Waals surface area (Å²) >= 11 is 0. The van der Waals surface area contributed by atoms with Gasteiger partial charge < -0.3 is 10.3 Å². The highest BCUT2D eigenvalue weighted by Crippen LogP contribution is 2.33. The summed E-state index contributed by atoms with van der Waals surface area (Å²) in [7, 11) is 0. The van der Waals surface area contributed by atoms with Gasteiger partial charge in [-0.2, -0.15) is 5.10 Å². The molecule has 5 aromatic rings. The molecule has 4 aromatic heterocycles. The third-order valence-corrected chi connectivity index (χ3v) is 6.08. The maximum Gasteiger partial charge on any atom is 0.159 e. The molecule has 7 heteroatoms. The molecule has 1 aliphatic rings. The van der Waals surface area contributed by atoms with Crippen molar-refractivity contribution in [1.29, 1.82) is 0 Å². The van der Waals surface area contributed by atoms with Gasteiger partial charge in [-0.25, -0.2) is 4.98 Å². The second-order valence-electron chi connectivity index (χ2n) is 8.34. The predicted octanol–water partition coefficient (Wildman–Crippen LogP) is 6.24. The molecule has 0 fully saturated rings. The summed E-state index contributed by atoms with van der Waals surface area (Å²) in [6.45, 7) is 6.09. The molecule has 3 N–H and O–H groups in total. The highest BCUT2D eigenvalue weighted by Gasteiger charge is 2.17. The summed E-state index contributed by atoms with van der Waals surface area (Å²) < 4.78 is 0. The Morgan fingerprint density at radius 1 is 1.06 bits per heavy atom. The zero-order chi connectivity index (χ0) is 23.1. The van der Waals surface area contributed by atoms with Crippen LogP contribution in [0.4, 0.5) is 5.69 Å². The van der Waals surface area contributed by atoms with Crippen molar-refractivity contribution in [3.8, 4) is 22.6 Å². The largest absolute Gasteiger partial charge is 0.358 e. The molecule has 6 rings (SSSR count). The highest BCUT2D eigenvalue weighted by molar-refractivity contribution is 5.98. The van der Waals surface area contributed by atoms with E-state index in [1.54, 1.807) is 6.20 Å². The first-order valence-corrected chi connectivity index (χ1v) is 11.3. The number of anilines is 1. The van der Waals surface area contributed by atoms with Gasteiger partial charge in [0.05, 0.1) is 34.6 Å². The molecule has 34 heavy (non-hydrogen) atoms. The molecule has 1 aliphatic carbocycles. The zero-order valence-corrected chi connectivity index (χ0v) is 18.8. The molecule has 0 spiro atoms. The number of rotatable bonds is 6. The Morgan fingerprint density at radius 2 is 1.97 bits per heavy atom. The lowest BCUT2D eigenvalue weighted by atomic mass is 10.0. The van der Waals surface area contributed by atoms with Gasteiger partial charge >= 0.3 is 0 Å². The summed E-state index contributed by atoms with van der Waals surface area (Å²) in [4.78, 5) is 17.2. The molecule has 0 saturated heterocycles. The van der Waals surface area contributed by atoms with E-state index in [9.17, 15) is 0 Å². The van der Waals surface area contributed by atoms with Crippen LogP contribution in [0.1, 0.15) is 25.3 Å². The van der Waals surface area contributed by atoms with Crippen molar-refractivity contribution in [2.24, 2.45) is 0 Å². The van der Waals surface area contributed by atoms with Gasteiger partial charge in [0, 0.05) is 34.6 Å². The number of aromatic nitrogens is 6. The Kier molecular flexibility index (Phi) is 4.80. The minimum absolute atomic E-state index is 0.711. The molecule has 0 bridgehead atoms. The first-order valence-electron chi connectivity index (χ1n) is 11.3. The van der Waals surface area contributed by atoms with Crippen molar-refractivity contribution in [2.45, 2.75) is 19.8 Å². The number of nitrogens with one attached hydrogen (secondary N) is 3. The van der Waals surface area contributed by atoms with Crippen LogP contribution in [0.3, 0.4) is 0 Å². The molecule has 0 amide bonds. The summed E-state index contributed by atoms with van der Waals surface area (Å²) in [5, 5.41) is 12.0. The standard InChI is InChI=1S/C27H23N7/c1-3-16(2)30-20-10-19(12-28-13-20)18-8-9-23-21(11-18)26(34-33-23)27-31-24-15-29-14-22(25(24)32-27)17-6-4-5-7-17/h4,6-15,30H,2-3,5H2,1H3,(H,31,32)(H,33,34). The van der Waals surface area contributed by atoms with E-state index in [4.69, 9.17) is 4.98 Å². The van der Waals surface area contributed by atoms with Crippen LogP contribution in [0.25, 0.3) is 50.2 Å². The SMILES string of the molecule is C=C(CC)Nc1cncc(-c2ccc3[nH]nc(-c4nc5c(C6=CCC=C6)cncc5[nH]4)c3c2)c1. The van der Waals surface area contributed by atoms with Gasteiger partial charge in [-0.05, 0) is 42.2 Å². The lowest BCUT2D eigenvalue weighted by Gasteiger charge is -2.09. The fourth-order valence-corrected chi connectivity index (χ4v) is 4.25. The first kappa shape index (κ1) is 20.1. The number of benzene rings is 1. The van der Waals surface area contributed by atoms with Gasteiger partial charge in [0.2, 0.25) is 0 Å². The topological polar surface area (TPSA) is 95.2 Å². The minimum atomic E-state index is 0.711. The molecule has 4 heterocycles. The van der Waals surface area contributed by atoms with Gasteiger partial charge in [0.1, 0.15) is 5.69 Å². The maximum atomic E-state index is 4.92. The number of hydrogen-bond acceptors (Lipinski definition) is 5. The first-order chi connectivity index (χ1) is 16.7. The third-order valence-electron chi connectivity index (χ3n) is 6.08. The van der Waals surface area contributed by atoms with E-state index < -0.39 is 0 Å². The fraction of sp³-hybridized carbons (Fsp3) is 0.111. The molecule has 0 radical (unpaired) electrons. The Morgan fingerprint density at radius 3 is 2.82 bits per heavy atom. The van der Waals surface area contributed by atoms with Crippen LogP contribution in [-0.4, -0.2) is 30.1 Å². The number of H-pyrrole nitrogens is 2. The van der Waals surface area contributed by atoms with Crippen LogP contribution in [0.5, 0.6) is 0 Å². The number of imidazole rings is 1. The van der Waals surface area contributed by atoms with Gasteiger partial charge in [0.15, 0.2) is 5.82 Å². The van der Waals surface area contributed by atoms with E-state index in [1.807, 2.05) is 24.7 Å². The molecule has 7 nitrogen and oxygen atoms in total. The normalized spacial score (nSPS) is 13.0. The van der Waals surface area contributed by atoms with Crippen molar-refractivity contribution >= 4 is 33.2 Å². The molecular formula is C27H23N7. The molecule has 1 aromatic carbocycles. The van der Waals surface area contributed by atoms with Crippen molar-refractivity contribution in [3.63, 3.8) is 0 Å². The summed E-state index contributed by atoms with van der Waals surface area (Å²) in [6, 6.07) is 8.31. The maximum absolute atomic E-state index is 4.92. The average molecular weight is 446 g/mol. The Hall–Kier alpha value is -4.52. The van der Waals surface area contributed by atoms with Crippen molar-refractivity contribution in [1.82, 2.24) is 30.1 Å². The van der Waals surface area contributed by atoms with E-state index in [2.05, 4.69) is 80.4 Å². The van der Waals surface area contributed by atoms with Gasteiger partial charge in [-0.15, -0.1) is 0 Å². The van der Waals surface area contributed by atoms with Gasteiger partial charge in [-0.1, -0.05) is 37.8 Å². The fourth-order valence-electron chi connectivity index (χ4n) is 4.25. The molecule has 0 atom stereocenters. The van der Waals surface area contributed by atoms with E-state index in [0.717, 1.165) is 74.1 Å². The number of hydrogen-bond donors (Lipinski definition) is 3. The number of fused-ring (bicyclic) bond motifs is 2. The smallest absolute Gasteiger partial charge is 0.159 e.